The number of rotatable bonds is 8. The SMILES string of the molecule is COc1cccc(OCCN2CCN(C(=O)c3cc4cc(OC)c(OC)cc4[nH]3)CC2)c1. The highest BCUT2D eigenvalue weighted by Crippen LogP contribution is 2.32. The zero-order valence-electron chi connectivity index (χ0n) is 18.7. The number of hydrogen-bond acceptors (Lipinski definition) is 6. The average molecular weight is 440 g/mol. The van der Waals surface area contributed by atoms with Gasteiger partial charge in [0.2, 0.25) is 0 Å². The van der Waals surface area contributed by atoms with E-state index in [1.807, 2.05) is 47.4 Å². The Morgan fingerprint density at radius 2 is 1.62 bits per heavy atom. The normalized spacial score (nSPS) is 14.4. The lowest BCUT2D eigenvalue weighted by Crippen LogP contribution is -2.49. The van der Waals surface area contributed by atoms with Crippen LogP contribution in [0.2, 0.25) is 0 Å². The van der Waals surface area contributed by atoms with E-state index in [1.54, 1.807) is 21.3 Å². The molecule has 0 bridgehead atoms. The number of piperazine rings is 1. The number of hydrogen-bond donors (Lipinski definition) is 1. The minimum Gasteiger partial charge on any atom is -0.497 e. The van der Waals surface area contributed by atoms with E-state index in [0.717, 1.165) is 42.0 Å². The van der Waals surface area contributed by atoms with Crippen molar-refractivity contribution in [2.45, 2.75) is 0 Å². The highest BCUT2D eigenvalue weighted by Gasteiger charge is 2.23. The Bertz CT molecular complexity index is 1030. The smallest absolute Gasteiger partial charge is 0.270 e. The maximum absolute atomic E-state index is 13.0. The maximum Gasteiger partial charge on any atom is 0.270 e. The molecule has 1 fully saturated rings. The number of benzene rings is 2. The molecule has 2 heterocycles. The van der Waals surface area contributed by atoms with E-state index in [9.17, 15) is 4.79 Å². The highest BCUT2D eigenvalue weighted by molar-refractivity contribution is 5.98. The van der Waals surface area contributed by atoms with Gasteiger partial charge in [-0.15, -0.1) is 0 Å². The summed E-state index contributed by atoms with van der Waals surface area (Å²) < 4.78 is 21.8. The van der Waals surface area contributed by atoms with Gasteiger partial charge in [-0.2, -0.15) is 0 Å². The van der Waals surface area contributed by atoms with Crippen molar-refractivity contribution >= 4 is 16.8 Å². The third kappa shape index (κ3) is 4.75. The van der Waals surface area contributed by atoms with Gasteiger partial charge < -0.3 is 28.8 Å². The van der Waals surface area contributed by atoms with E-state index in [0.29, 0.717) is 36.9 Å². The number of fused-ring (bicyclic) bond motifs is 1. The lowest BCUT2D eigenvalue weighted by Gasteiger charge is -2.34. The molecule has 3 aromatic rings. The molecule has 0 spiro atoms. The predicted molar refractivity (Wildman–Crippen MR) is 122 cm³/mol. The molecule has 0 radical (unpaired) electrons. The van der Waals surface area contributed by atoms with Gasteiger partial charge in [0.25, 0.3) is 5.91 Å². The molecule has 1 saturated heterocycles. The summed E-state index contributed by atoms with van der Waals surface area (Å²) in [5.41, 5.74) is 1.42. The van der Waals surface area contributed by atoms with E-state index in [1.165, 1.54) is 0 Å². The Labute approximate surface area is 187 Å². The number of amides is 1. The molecule has 2 aromatic carbocycles. The molecule has 32 heavy (non-hydrogen) atoms. The van der Waals surface area contributed by atoms with Gasteiger partial charge in [-0.1, -0.05) is 6.07 Å². The van der Waals surface area contributed by atoms with E-state index >= 15 is 0 Å². The van der Waals surface area contributed by atoms with Crippen LogP contribution < -0.4 is 18.9 Å². The molecule has 4 rings (SSSR count). The summed E-state index contributed by atoms with van der Waals surface area (Å²) in [6, 6.07) is 13.2. The second kappa shape index (κ2) is 9.82. The number of H-pyrrole nitrogens is 1. The fourth-order valence-electron chi connectivity index (χ4n) is 3.90. The second-order valence-corrected chi connectivity index (χ2v) is 7.64. The molecule has 1 aliphatic rings. The van der Waals surface area contributed by atoms with Crippen molar-refractivity contribution in [2.24, 2.45) is 0 Å². The van der Waals surface area contributed by atoms with Gasteiger partial charge in [0.1, 0.15) is 23.8 Å². The summed E-state index contributed by atoms with van der Waals surface area (Å²) in [6.07, 6.45) is 0. The van der Waals surface area contributed by atoms with Gasteiger partial charge in [0.05, 0.1) is 21.3 Å². The second-order valence-electron chi connectivity index (χ2n) is 7.64. The summed E-state index contributed by atoms with van der Waals surface area (Å²) in [7, 11) is 4.84. The Morgan fingerprint density at radius 1 is 0.906 bits per heavy atom. The van der Waals surface area contributed by atoms with Crippen LogP contribution in [0.3, 0.4) is 0 Å². The van der Waals surface area contributed by atoms with Gasteiger partial charge >= 0.3 is 0 Å². The van der Waals surface area contributed by atoms with Crippen molar-refractivity contribution in [2.75, 3.05) is 60.7 Å². The maximum atomic E-state index is 13.0. The zero-order chi connectivity index (χ0) is 22.5. The van der Waals surface area contributed by atoms with Crippen LogP contribution in [0.25, 0.3) is 10.9 Å². The molecule has 1 aromatic heterocycles. The van der Waals surface area contributed by atoms with Crippen LogP contribution in [0.1, 0.15) is 10.5 Å². The number of carbonyl (C=O) groups excluding carboxylic acids is 1. The summed E-state index contributed by atoms with van der Waals surface area (Å²) >= 11 is 0. The molecule has 8 nitrogen and oxygen atoms in total. The van der Waals surface area contributed by atoms with Gasteiger partial charge in [0, 0.05) is 55.8 Å². The van der Waals surface area contributed by atoms with Crippen molar-refractivity contribution in [3.05, 3.63) is 48.2 Å². The summed E-state index contributed by atoms with van der Waals surface area (Å²) in [4.78, 5) is 20.4. The molecular formula is C24H29N3O5. The summed E-state index contributed by atoms with van der Waals surface area (Å²) in [5.74, 6) is 2.86. The number of methoxy groups -OCH3 is 3. The number of carbonyl (C=O) groups is 1. The first-order valence-corrected chi connectivity index (χ1v) is 10.6. The topological polar surface area (TPSA) is 76.3 Å². The minimum atomic E-state index is 0.00594. The number of ether oxygens (including phenoxy) is 4. The minimum absolute atomic E-state index is 0.00594. The molecule has 1 aliphatic heterocycles. The fraction of sp³-hybridized carbons (Fsp3) is 0.375. The van der Waals surface area contributed by atoms with Gasteiger partial charge in [-0.3, -0.25) is 9.69 Å². The Morgan fingerprint density at radius 3 is 2.34 bits per heavy atom. The van der Waals surface area contributed by atoms with E-state index in [2.05, 4.69) is 9.88 Å². The predicted octanol–water partition coefficient (Wildman–Crippen LogP) is 3.03. The molecule has 0 aliphatic carbocycles. The van der Waals surface area contributed by atoms with Crippen molar-refractivity contribution in [1.29, 1.82) is 0 Å². The van der Waals surface area contributed by atoms with Crippen LogP contribution in [0.5, 0.6) is 23.0 Å². The Hall–Kier alpha value is -3.39. The third-order valence-corrected chi connectivity index (χ3v) is 5.73. The molecule has 0 saturated carbocycles. The monoisotopic (exact) mass is 439 g/mol. The van der Waals surface area contributed by atoms with E-state index < -0.39 is 0 Å². The average Bonchev–Trinajstić information content (AvgIpc) is 3.26. The van der Waals surface area contributed by atoms with Gasteiger partial charge in [-0.25, -0.2) is 0 Å². The molecule has 8 heteroatoms. The third-order valence-electron chi connectivity index (χ3n) is 5.73. The number of nitrogens with zero attached hydrogens (tertiary/aromatic N) is 2. The van der Waals surface area contributed by atoms with Gasteiger partial charge in [0.15, 0.2) is 11.5 Å². The lowest BCUT2D eigenvalue weighted by atomic mass is 10.2. The van der Waals surface area contributed by atoms with Gasteiger partial charge in [-0.05, 0) is 24.3 Å². The Balaban J connectivity index is 1.30. The first-order valence-electron chi connectivity index (χ1n) is 10.6. The molecule has 170 valence electrons. The molecule has 0 atom stereocenters. The standard InChI is InChI=1S/C24H29N3O5/c1-29-18-5-4-6-19(15-18)32-12-11-26-7-9-27(10-8-26)24(28)21-13-17-14-22(30-2)23(31-3)16-20(17)25-21/h4-6,13-16,25H,7-12H2,1-3H3. The first-order chi connectivity index (χ1) is 15.6. The van der Waals surface area contributed by atoms with Crippen LogP contribution >= 0.6 is 0 Å². The van der Waals surface area contributed by atoms with E-state index in [4.69, 9.17) is 18.9 Å². The largest absolute Gasteiger partial charge is 0.497 e. The zero-order valence-corrected chi connectivity index (χ0v) is 18.7. The van der Waals surface area contributed by atoms with Crippen LogP contribution in [-0.2, 0) is 0 Å². The quantitative estimate of drug-likeness (QED) is 0.582. The fourth-order valence-corrected chi connectivity index (χ4v) is 3.90. The first kappa shape index (κ1) is 21.8. The van der Waals surface area contributed by atoms with Crippen molar-refractivity contribution in [3.8, 4) is 23.0 Å². The van der Waals surface area contributed by atoms with Crippen LogP contribution in [0.4, 0.5) is 0 Å². The van der Waals surface area contributed by atoms with Crippen molar-refractivity contribution in [1.82, 2.24) is 14.8 Å². The van der Waals surface area contributed by atoms with Crippen molar-refractivity contribution in [3.63, 3.8) is 0 Å². The summed E-state index contributed by atoms with van der Waals surface area (Å²) in [5, 5.41) is 0.916. The van der Waals surface area contributed by atoms with Crippen LogP contribution in [0, 0.1) is 0 Å². The molecule has 1 N–H and O–H groups in total. The molecule has 0 unspecified atom stereocenters. The lowest BCUT2D eigenvalue weighted by molar-refractivity contribution is 0.0615. The van der Waals surface area contributed by atoms with Crippen molar-refractivity contribution < 1.29 is 23.7 Å². The molecule has 1 amide bonds. The highest BCUT2D eigenvalue weighted by atomic mass is 16.5. The van der Waals surface area contributed by atoms with Crippen LogP contribution in [0.15, 0.2) is 42.5 Å². The summed E-state index contributed by atoms with van der Waals surface area (Å²) in [6.45, 7) is 4.39. The number of nitrogens with one attached hydrogen (secondary N) is 1. The van der Waals surface area contributed by atoms with E-state index in [-0.39, 0.29) is 5.91 Å². The Kier molecular flexibility index (Phi) is 6.70. The van der Waals surface area contributed by atoms with Crippen LogP contribution in [-0.4, -0.2) is 81.4 Å². The molecular weight excluding hydrogens is 410 g/mol. The number of aromatic amines is 1. The number of aromatic nitrogens is 1.